The molecule has 1 aromatic heterocycles. The van der Waals surface area contributed by atoms with E-state index >= 15 is 0 Å². The third kappa shape index (κ3) is 1.82. The molecule has 0 amide bonds. The molecule has 18 heavy (non-hydrogen) atoms. The van der Waals surface area contributed by atoms with Crippen molar-refractivity contribution in [3.05, 3.63) is 47.8 Å². The van der Waals surface area contributed by atoms with E-state index in [9.17, 15) is 0 Å². The molecule has 1 aliphatic heterocycles. The minimum atomic E-state index is 0.297. The molecule has 0 unspecified atom stereocenters. The molecule has 0 bridgehead atoms. The molecule has 2 aromatic rings. The Labute approximate surface area is 110 Å². The molecule has 1 aromatic carbocycles. The highest BCUT2D eigenvalue weighted by Gasteiger charge is 2.21. The van der Waals surface area contributed by atoms with E-state index < -0.39 is 0 Å². The zero-order chi connectivity index (χ0) is 12.5. The van der Waals surface area contributed by atoms with Gasteiger partial charge in [-0.25, -0.2) is 9.97 Å². The van der Waals surface area contributed by atoms with Crippen molar-refractivity contribution in [3.8, 4) is 0 Å². The monoisotopic (exact) mass is 256 g/mol. The minimum Gasteiger partial charge on any atom is -0.388 e. The highest BCUT2D eigenvalue weighted by molar-refractivity contribution is 7.80. The van der Waals surface area contributed by atoms with Crippen LogP contribution in [0.25, 0.3) is 0 Å². The summed E-state index contributed by atoms with van der Waals surface area (Å²) in [7, 11) is 0. The van der Waals surface area contributed by atoms with Crippen LogP contribution in [0, 0.1) is 0 Å². The largest absolute Gasteiger partial charge is 0.388 e. The molecule has 5 heteroatoms. The van der Waals surface area contributed by atoms with Crippen molar-refractivity contribution in [2.24, 2.45) is 5.73 Å². The van der Waals surface area contributed by atoms with Crippen LogP contribution in [0.1, 0.15) is 11.3 Å². The normalized spacial score (nSPS) is 13.4. The Morgan fingerprint density at radius 3 is 2.94 bits per heavy atom. The molecule has 0 fully saturated rings. The summed E-state index contributed by atoms with van der Waals surface area (Å²) < 4.78 is 0. The lowest BCUT2D eigenvalue weighted by Crippen LogP contribution is -2.19. The maximum atomic E-state index is 5.60. The number of fused-ring (bicyclic) bond motifs is 1. The predicted molar refractivity (Wildman–Crippen MR) is 75.1 cm³/mol. The van der Waals surface area contributed by atoms with Gasteiger partial charge >= 0.3 is 0 Å². The zero-order valence-electron chi connectivity index (χ0n) is 9.71. The Balaban J connectivity index is 2.02. The van der Waals surface area contributed by atoms with Crippen LogP contribution < -0.4 is 10.6 Å². The van der Waals surface area contributed by atoms with Gasteiger partial charge in [-0.2, -0.15) is 0 Å². The summed E-state index contributed by atoms with van der Waals surface area (Å²) in [5.41, 5.74) is 8.69. The summed E-state index contributed by atoms with van der Waals surface area (Å²) in [5, 5.41) is 0. The number of benzene rings is 1. The van der Waals surface area contributed by atoms with Crippen molar-refractivity contribution in [2.75, 3.05) is 11.4 Å². The van der Waals surface area contributed by atoms with Gasteiger partial charge in [-0.05, 0) is 24.1 Å². The van der Waals surface area contributed by atoms with Gasteiger partial charge < -0.3 is 10.6 Å². The fourth-order valence-corrected chi connectivity index (χ4v) is 2.28. The van der Waals surface area contributed by atoms with E-state index in [2.05, 4.69) is 33.1 Å². The predicted octanol–water partition coefficient (Wildman–Crippen LogP) is 1.81. The number of aromatic nitrogens is 2. The standard InChI is InChI=1S/C13H12N4S/c14-12(18)10-5-7-15-13(16-10)17-8-6-9-3-1-2-4-11(9)17/h1-5,7H,6,8H2,(H2,14,18). The van der Waals surface area contributed by atoms with E-state index in [0.717, 1.165) is 18.7 Å². The van der Waals surface area contributed by atoms with Gasteiger partial charge in [0.15, 0.2) is 0 Å². The second-order valence-electron chi connectivity index (χ2n) is 4.14. The van der Waals surface area contributed by atoms with Gasteiger partial charge in [0.25, 0.3) is 0 Å². The van der Waals surface area contributed by atoms with Gasteiger partial charge in [-0.15, -0.1) is 0 Å². The number of anilines is 2. The molecule has 0 aliphatic carbocycles. The van der Waals surface area contributed by atoms with Crippen molar-refractivity contribution in [1.29, 1.82) is 0 Å². The molecular formula is C13H12N4S. The second-order valence-corrected chi connectivity index (χ2v) is 4.58. The second kappa shape index (κ2) is 4.34. The molecule has 2 heterocycles. The zero-order valence-corrected chi connectivity index (χ0v) is 10.5. The molecule has 0 radical (unpaired) electrons. The minimum absolute atomic E-state index is 0.297. The van der Waals surface area contributed by atoms with Gasteiger partial charge in [-0.3, -0.25) is 0 Å². The van der Waals surface area contributed by atoms with Gasteiger partial charge in [0.05, 0.1) is 0 Å². The first-order valence-corrected chi connectivity index (χ1v) is 6.15. The van der Waals surface area contributed by atoms with Crippen molar-refractivity contribution in [3.63, 3.8) is 0 Å². The maximum absolute atomic E-state index is 5.60. The molecule has 0 saturated carbocycles. The van der Waals surface area contributed by atoms with Crippen LogP contribution in [0.5, 0.6) is 0 Å². The van der Waals surface area contributed by atoms with Crippen LogP contribution in [0.4, 0.5) is 11.6 Å². The van der Waals surface area contributed by atoms with E-state index in [4.69, 9.17) is 18.0 Å². The molecule has 0 atom stereocenters. The summed E-state index contributed by atoms with van der Waals surface area (Å²) in [5.74, 6) is 0.658. The molecular weight excluding hydrogens is 244 g/mol. The number of para-hydroxylation sites is 1. The van der Waals surface area contributed by atoms with Gasteiger partial charge in [-0.1, -0.05) is 30.4 Å². The highest BCUT2D eigenvalue weighted by atomic mass is 32.1. The van der Waals surface area contributed by atoms with Crippen molar-refractivity contribution >= 4 is 28.8 Å². The molecule has 3 rings (SSSR count). The molecule has 4 nitrogen and oxygen atoms in total. The third-order valence-corrected chi connectivity index (χ3v) is 3.23. The number of hydrogen-bond donors (Lipinski definition) is 1. The maximum Gasteiger partial charge on any atom is 0.230 e. The number of nitrogens with zero attached hydrogens (tertiary/aromatic N) is 3. The summed E-state index contributed by atoms with van der Waals surface area (Å²) in [6.45, 7) is 0.889. The Morgan fingerprint density at radius 1 is 1.28 bits per heavy atom. The van der Waals surface area contributed by atoms with Crippen LogP contribution >= 0.6 is 12.2 Å². The topological polar surface area (TPSA) is 55.0 Å². The Bertz CT molecular complexity index is 611. The summed E-state index contributed by atoms with van der Waals surface area (Å²) >= 11 is 4.94. The Kier molecular flexibility index (Phi) is 2.68. The smallest absolute Gasteiger partial charge is 0.230 e. The lowest BCUT2D eigenvalue weighted by atomic mass is 10.2. The number of nitrogens with two attached hydrogens (primary N) is 1. The fourth-order valence-electron chi connectivity index (χ4n) is 2.16. The number of hydrogen-bond acceptors (Lipinski definition) is 4. The first kappa shape index (κ1) is 11.1. The first-order chi connectivity index (χ1) is 8.75. The van der Waals surface area contributed by atoms with E-state index in [1.807, 2.05) is 6.07 Å². The summed E-state index contributed by atoms with van der Waals surface area (Å²) in [6.07, 6.45) is 2.70. The van der Waals surface area contributed by atoms with Crippen molar-refractivity contribution < 1.29 is 0 Å². The van der Waals surface area contributed by atoms with Crippen LogP contribution in [0.3, 0.4) is 0 Å². The molecule has 0 spiro atoms. The SMILES string of the molecule is NC(=S)c1ccnc(N2CCc3ccccc32)n1. The van der Waals surface area contributed by atoms with E-state index in [-0.39, 0.29) is 0 Å². The van der Waals surface area contributed by atoms with Crippen LogP contribution in [0.2, 0.25) is 0 Å². The number of rotatable bonds is 2. The molecule has 1 aliphatic rings. The molecule has 2 N–H and O–H groups in total. The van der Waals surface area contributed by atoms with Crippen molar-refractivity contribution in [2.45, 2.75) is 6.42 Å². The van der Waals surface area contributed by atoms with Crippen LogP contribution in [-0.2, 0) is 6.42 Å². The summed E-state index contributed by atoms with van der Waals surface area (Å²) in [4.78, 5) is 11.1. The van der Waals surface area contributed by atoms with Gasteiger partial charge in [0.1, 0.15) is 10.7 Å². The lowest BCUT2D eigenvalue weighted by Gasteiger charge is -2.17. The van der Waals surface area contributed by atoms with Crippen LogP contribution in [0.15, 0.2) is 36.5 Å². The summed E-state index contributed by atoms with van der Waals surface area (Å²) in [6, 6.07) is 10.0. The van der Waals surface area contributed by atoms with E-state index in [0.29, 0.717) is 16.6 Å². The quantitative estimate of drug-likeness (QED) is 0.830. The van der Waals surface area contributed by atoms with E-state index in [1.54, 1.807) is 12.3 Å². The van der Waals surface area contributed by atoms with Gasteiger partial charge in [0, 0.05) is 18.4 Å². The average Bonchev–Trinajstić information content (AvgIpc) is 2.82. The molecule has 0 saturated heterocycles. The van der Waals surface area contributed by atoms with Crippen LogP contribution in [-0.4, -0.2) is 21.5 Å². The number of thiocarbonyl (C=S) groups is 1. The lowest BCUT2D eigenvalue weighted by molar-refractivity contribution is 0.937. The molecule has 90 valence electrons. The Hall–Kier alpha value is -2.01. The first-order valence-electron chi connectivity index (χ1n) is 5.74. The third-order valence-electron chi connectivity index (χ3n) is 3.02. The van der Waals surface area contributed by atoms with E-state index in [1.165, 1.54) is 5.56 Å². The Morgan fingerprint density at radius 2 is 2.11 bits per heavy atom. The van der Waals surface area contributed by atoms with Gasteiger partial charge in [0.2, 0.25) is 5.95 Å². The average molecular weight is 256 g/mol. The highest BCUT2D eigenvalue weighted by Crippen LogP contribution is 2.31. The fraction of sp³-hybridized carbons (Fsp3) is 0.154. The van der Waals surface area contributed by atoms with Crippen molar-refractivity contribution in [1.82, 2.24) is 9.97 Å².